The molecule has 3 rings (SSSR count). The third kappa shape index (κ3) is 4.59. The van der Waals surface area contributed by atoms with Crippen molar-refractivity contribution in [1.82, 2.24) is 4.98 Å². The third-order valence-corrected chi connectivity index (χ3v) is 4.86. The van der Waals surface area contributed by atoms with Crippen molar-refractivity contribution in [2.75, 3.05) is 11.9 Å². The predicted molar refractivity (Wildman–Crippen MR) is 103 cm³/mol. The zero-order chi connectivity index (χ0) is 17.6. The Balaban J connectivity index is 1.65. The molecule has 0 unspecified atom stereocenters. The largest absolute Gasteiger partial charge is 0.484 e. The van der Waals surface area contributed by atoms with E-state index < -0.39 is 0 Å². The highest BCUT2D eigenvalue weighted by Crippen LogP contribution is 2.31. The highest BCUT2D eigenvalue weighted by Gasteiger charge is 2.13. The van der Waals surface area contributed by atoms with E-state index in [1.54, 1.807) is 24.3 Å². The molecular formula is C19H17ClN2O2S. The van der Waals surface area contributed by atoms with Crippen molar-refractivity contribution < 1.29 is 9.53 Å². The van der Waals surface area contributed by atoms with E-state index in [-0.39, 0.29) is 12.5 Å². The minimum Gasteiger partial charge on any atom is -0.484 e. The summed E-state index contributed by atoms with van der Waals surface area (Å²) < 4.78 is 5.45. The van der Waals surface area contributed by atoms with Gasteiger partial charge in [-0.25, -0.2) is 4.98 Å². The van der Waals surface area contributed by atoms with Crippen molar-refractivity contribution in [3.63, 3.8) is 0 Å². The quantitative estimate of drug-likeness (QED) is 0.659. The number of nitrogens with one attached hydrogen (secondary N) is 1. The molecule has 25 heavy (non-hydrogen) atoms. The molecule has 4 nitrogen and oxygen atoms in total. The van der Waals surface area contributed by atoms with Crippen LogP contribution in [0.2, 0.25) is 5.02 Å². The third-order valence-electron chi connectivity index (χ3n) is 3.50. The molecular weight excluding hydrogens is 356 g/mol. The van der Waals surface area contributed by atoms with Crippen LogP contribution in [0.1, 0.15) is 11.8 Å². The smallest absolute Gasteiger partial charge is 0.264 e. The maximum atomic E-state index is 12.1. The van der Waals surface area contributed by atoms with Crippen molar-refractivity contribution in [2.24, 2.45) is 0 Å². The second-order valence-corrected chi connectivity index (χ2v) is 6.82. The molecule has 1 heterocycles. The van der Waals surface area contributed by atoms with Crippen molar-refractivity contribution in [1.29, 1.82) is 0 Å². The Morgan fingerprint density at radius 1 is 1.16 bits per heavy atom. The number of aryl methyl sites for hydroxylation is 1. The first-order valence-corrected chi connectivity index (χ1v) is 9.08. The van der Waals surface area contributed by atoms with Crippen LogP contribution in [0.25, 0.3) is 11.3 Å². The average Bonchev–Trinajstić information content (AvgIpc) is 3.05. The number of halogens is 1. The van der Waals surface area contributed by atoms with E-state index in [1.165, 1.54) is 11.3 Å². The van der Waals surface area contributed by atoms with E-state index in [0.29, 0.717) is 15.9 Å². The summed E-state index contributed by atoms with van der Waals surface area (Å²) >= 11 is 7.31. The Hall–Kier alpha value is -2.37. The molecule has 6 heteroatoms. The van der Waals surface area contributed by atoms with Crippen LogP contribution in [0, 0.1) is 0 Å². The van der Waals surface area contributed by atoms with Gasteiger partial charge >= 0.3 is 0 Å². The van der Waals surface area contributed by atoms with Crippen LogP contribution in [-0.4, -0.2) is 17.5 Å². The lowest BCUT2D eigenvalue weighted by Crippen LogP contribution is -2.20. The number of anilines is 1. The molecule has 0 spiro atoms. The van der Waals surface area contributed by atoms with Gasteiger partial charge in [-0.15, -0.1) is 11.3 Å². The van der Waals surface area contributed by atoms with Crippen LogP contribution in [0.3, 0.4) is 0 Å². The first-order chi connectivity index (χ1) is 12.2. The second kappa shape index (κ2) is 8.14. The predicted octanol–water partition coefficient (Wildman–Crippen LogP) is 5.04. The highest BCUT2D eigenvalue weighted by atomic mass is 35.5. The molecule has 128 valence electrons. The van der Waals surface area contributed by atoms with E-state index in [9.17, 15) is 4.79 Å². The van der Waals surface area contributed by atoms with Gasteiger partial charge in [-0.05, 0) is 30.7 Å². The monoisotopic (exact) mass is 372 g/mol. The standard InChI is InChI=1S/C19H17ClN2O2S/c1-2-16-18(13-6-4-3-5-7-13)22-19(25-16)21-17(23)12-24-15-10-8-14(20)9-11-15/h3-11H,2,12H2,1H3,(H,21,22,23). The zero-order valence-corrected chi connectivity index (χ0v) is 15.2. The number of thiazole rings is 1. The van der Waals surface area contributed by atoms with E-state index >= 15 is 0 Å². The van der Waals surface area contributed by atoms with Gasteiger partial charge in [-0.1, -0.05) is 48.9 Å². The first kappa shape index (κ1) is 17.5. The number of hydrogen-bond donors (Lipinski definition) is 1. The van der Waals surface area contributed by atoms with Gasteiger partial charge < -0.3 is 4.74 Å². The molecule has 0 aliphatic rings. The van der Waals surface area contributed by atoms with Gasteiger partial charge in [-0.2, -0.15) is 0 Å². The summed E-state index contributed by atoms with van der Waals surface area (Å²) in [6, 6.07) is 16.8. The van der Waals surface area contributed by atoms with Gasteiger partial charge in [0.2, 0.25) is 0 Å². The van der Waals surface area contributed by atoms with E-state index in [1.807, 2.05) is 30.3 Å². The maximum Gasteiger partial charge on any atom is 0.264 e. The fourth-order valence-electron chi connectivity index (χ4n) is 2.30. The summed E-state index contributed by atoms with van der Waals surface area (Å²) in [5.74, 6) is 0.351. The van der Waals surface area contributed by atoms with Crippen molar-refractivity contribution >= 4 is 34.0 Å². The summed E-state index contributed by atoms with van der Waals surface area (Å²) in [6.07, 6.45) is 0.860. The molecule has 0 saturated carbocycles. The van der Waals surface area contributed by atoms with Crippen molar-refractivity contribution in [2.45, 2.75) is 13.3 Å². The number of amides is 1. The fraction of sp³-hybridized carbons (Fsp3) is 0.158. The maximum absolute atomic E-state index is 12.1. The molecule has 3 aromatic rings. The Morgan fingerprint density at radius 3 is 2.56 bits per heavy atom. The van der Waals surface area contributed by atoms with Crippen LogP contribution in [-0.2, 0) is 11.2 Å². The number of aromatic nitrogens is 1. The number of carbonyl (C=O) groups excluding carboxylic acids is 1. The minimum atomic E-state index is -0.244. The fourth-order valence-corrected chi connectivity index (χ4v) is 3.37. The van der Waals surface area contributed by atoms with Crippen molar-refractivity contribution in [3.8, 4) is 17.0 Å². The molecule has 0 bridgehead atoms. The molecule has 1 N–H and O–H groups in total. The number of rotatable bonds is 6. The lowest BCUT2D eigenvalue weighted by molar-refractivity contribution is -0.118. The van der Waals surface area contributed by atoms with Crippen LogP contribution in [0.4, 0.5) is 5.13 Å². The number of nitrogens with zero attached hydrogens (tertiary/aromatic N) is 1. The Kier molecular flexibility index (Phi) is 5.68. The highest BCUT2D eigenvalue weighted by molar-refractivity contribution is 7.16. The van der Waals surface area contributed by atoms with Gasteiger partial charge in [-0.3, -0.25) is 10.1 Å². The molecule has 1 aromatic heterocycles. The molecule has 0 atom stereocenters. The van der Waals surface area contributed by atoms with E-state index in [0.717, 1.165) is 22.6 Å². The van der Waals surface area contributed by atoms with Gasteiger partial charge in [0.1, 0.15) is 5.75 Å². The number of hydrogen-bond acceptors (Lipinski definition) is 4. The molecule has 2 aromatic carbocycles. The lowest BCUT2D eigenvalue weighted by atomic mass is 10.1. The van der Waals surface area contributed by atoms with E-state index in [2.05, 4.69) is 17.2 Å². The summed E-state index contributed by atoms with van der Waals surface area (Å²) in [4.78, 5) is 17.8. The first-order valence-electron chi connectivity index (χ1n) is 7.89. The van der Waals surface area contributed by atoms with Crippen LogP contribution in [0.5, 0.6) is 5.75 Å². The molecule has 1 amide bonds. The zero-order valence-electron chi connectivity index (χ0n) is 13.7. The summed E-state index contributed by atoms with van der Waals surface area (Å²) in [6.45, 7) is 2.00. The number of carbonyl (C=O) groups is 1. The Labute approximate surface area is 155 Å². The molecule has 0 fully saturated rings. The average molecular weight is 373 g/mol. The van der Waals surface area contributed by atoms with Crippen molar-refractivity contribution in [3.05, 3.63) is 64.5 Å². The minimum absolute atomic E-state index is 0.0800. The second-order valence-electron chi connectivity index (χ2n) is 5.30. The summed E-state index contributed by atoms with van der Waals surface area (Å²) in [7, 11) is 0. The molecule has 0 radical (unpaired) electrons. The summed E-state index contributed by atoms with van der Waals surface area (Å²) in [5.41, 5.74) is 1.97. The van der Waals surface area contributed by atoms with Gasteiger partial charge in [0.15, 0.2) is 11.7 Å². The topological polar surface area (TPSA) is 51.2 Å². The van der Waals surface area contributed by atoms with Gasteiger partial charge in [0.05, 0.1) is 5.69 Å². The Bertz CT molecular complexity index is 848. The van der Waals surface area contributed by atoms with Crippen LogP contribution in [0.15, 0.2) is 54.6 Å². The molecule has 0 saturated heterocycles. The van der Waals surface area contributed by atoms with Gasteiger partial charge in [0.25, 0.3) is 5.91 Å². The number of ether oxygens (including phenoxy) is 1. The SMILES string of the molecule is CCc1sc(NC(=O)COc2ccc(Cl)cc2)nc1-c1ccccc1. The Morgan fingerprint density at radius 2 is 1.88 bits per heavy atom. The normalized spacial score (nSPS) is 10.5. The van der Waals surface area contributed by atoms with Crippen LogP contribution < -0.4 is 10.1 Å². The van der Waals surface area contributed by atoms with Crippen LogP contribution >= 0.6 is 22.9 Å². The summed E-state index contributed by atoms with van der Waals surface area (Å²) in [5, 5.41) is 4.01. The number of benzene rings is 2. The molecule has 0 aliphatic carbocycles. The molecule has 0 aliphatic heterocycles. The van der Waals surface area contributed by atoms with Gasteiger partial charge in [0, 0.05) is 15.5 Å². The lowest BCUT2D eigenvalue weighted by Gasteiger charge is -2.05. The van der Waals surface area contributed by atoms with E-state index in [4.69, 9.17) is 16.3 Å².